The molecule has 0 aliphatic carbocycles. The van der Waals surface area contributed by atoms with Gasteiger partial charge in [0.1, 0.15) is 6.26 Å². The number of hydrogen-bond acceptors (Lipinski definition) is 3. The molecular weight excluding hydrogens is 210 g/mol. The van der Waals surface area contributed by atoms with Crippen molar-refractivity contribution in [2.24, 2.45) is 0 Å². The average Bonchev–Trinajstić information content (AvgIpc) is 2.73. The number of hydrogen-bond donors (Lipinski definition) is 2. The number of rotatable bonds is 6. The van der Waals surface area contributed by atoms with Crippen molar-refractivity contribution in [2.45, 2.75) is 26.2 Å². The van der Waals surface area contributed by atoms with Crippen molar-refractivity contribution < 1.29 is 19.1 Å². The van der Waals surface area contributed by atoms with E-state index in [4.69, 9.17) is 9.52 Å². The second kappa shape index (κ2) is 5.95. The molecule has 0 radical (unpaired) electrons. The Hall–Kier alpha value is -1.78. The fourth-order valence-corrected chi connectivity index (χ4v) is 1.23. The lowest BCUT2D eigenvalue weighted by Gasteiger charge is -2.01. The van der Waals surface area contributed by atoms with Gasteiger partial charge in [-0.1, -0.05) is 19.8 Å². The summed E-state index contributed by atoms with van der Waals surface area (Å²) in [6, 6.07) is 1.22. The first kappa shape index (κ1) is 12.3. The van der Waals surface area contributed by atoms with Crippen LogP contribution < -0.4 is 5.32 Å². The predicted molar refractivity (Wildman–Crippen MR) is 57.5 cm³/mol. The number of carbonyl (C=O) groups is 2. The highest BCUT2D eigenvalue weighted by molar-refractivity contribution is 5.95. The van der Waals surface area contributed by atoms with E-state index in [1.54, 1.807) is 0 Å². The summed E-state index contributed by atoms with van der Waals surface area (Å²) in [6.45, 7) is 2.66. The molecule has 0 saturated heterocycles. The molecule has 0 bridgehead atoms. The summed E-state index contributed by atoms with van der Waals surface area (Å²) < 4.78 is 4.85. The topological polar surface area (TPSA) is 79.5 Å². The molecule has 16 heavy (non-hydrogen) atoms. The third kappa shape index (κ3) is 3.42. The molecule has 0 unspecified atom stereocenters. The van der Waals surface area contributed by atoms with Crippen LogP contribution in [0.2, 0.25) is 0 Å². The van der Waals surface area contributed by atoms with Crippen LogP contribution in [0.4, 0.5) is 0 Å². The maximum atomic E-state index is 11.4. The maximum Gasteiger partial charge on any atom is 0.338 e. The number of unbranched alkanes of at least 4 members (excludes halogenated alkanes) is 2. The Balaban J connectivity index is 2.43. The Labute approximate surface area is 93.4 Å². The van der Waals surface area contributed by atoms with Crippen LogP contribution in [-0.2, 0) is 0 Å². The zero-order valence-electron chi connectivity index (χ0n) is 9.16. The zero-order chi connectivity index (χ0) is 12.0. The minimum atomic E-state index is -1.10. The smallest absolute Gasteiger partial charge is 0.338 e. The van der Waals surface area contributed by atoms with Crippen molar-refractivity contribution >= 4 is 11.9 Å². The lowest BCUT2D eigenvalue weighted by atomic mass is 10.2. The quantitative estimate of drug-likeness (QED) is 0.724. The molecule has 0 saturated carbocycles. The van der Waals surface area contributed by atoms with Gasteiger partial charge in [-0.3, -0.25) is 4.79 Å². The van der Waals surface area contributed by atoms with E-state index in [1.807, 2.05) is 0 Å². The van der Waals surface area contributed by atoms with Gasteiger partial charge in [0, 0.05) is 12.6 Å². The van der Waals surface area contributed by atoms with Crippen LogP contribution in [0.3, 0.4) is 0 Å². The van der Waals surface area contributed by atoms with E-state index in [0.717, 1.165) is 25.5 Å². The van der Waals surface area contributed by atoms with Gasteiger partial charge in [0.2, 0.25) is 0 Å². The van der Waals surface area contributed by atoms with Crippen molar-refractivity contribution in [2.75, 3.05) is 6.54 Å². The second-order valence-electron chi connectivity index (χ2n) is 3.47. The van der Waals surface area contributed by atoms with E-state index in [2.05, 4.69) is 12.2 Å². The van der Waals surface area contributed by atoms with E-state index in [-0.39, 0.29) is 17.2 Å². The fraction of sp³-hybridized carbons (Fsp3) is 0.455. The van der Waals surface area contributed by atoms with Crippen molar-refractivity contribution in [1.82, 2.24) is 5.32 Å². The third-order valence-corrected chi connectivity index (χ3v) is 2.14. The molecule has 0 aliphatic heterocycles. The van der Waals surface area contributed by atoms with Gasteiger partial charge in [-0.2, -0.15) is 0 Å². The fourth-order valence-electron chi connectivity index (χ4n) is 1.23. The van der Waals surface area contributed by atoms with Gasteiger partial charge in [0.15, 0.2) is 5.76 Å². The minimum Gasteiger partial charge on any atom is -0.478 e. The number of carboxylic acid groups (broad SMARTS) is 1. The number of furan rings is 1. The first-order valence-corrected chi connectivity index (χ1v) is 5.25. The van der Waals surface area contributed by atoms with Gasteiger partial charge in [-0.05, 0) is 6.42 Å². The summed E-state index contributed by atoms with van der Waals surface area (Å²) in [5.74, 6) is -1.44. The van der Waals surface area contributed by atoms with Crippen LogP contribution in [0, 0.1) is 0 Å². The molecule has 5 nitrogen and oxygen atoms in total. The van der Waals surface area contributed by atoms with Gasteiger partial charge in [-0.15, -0.1) is 0 Å². The molecule has 88 valence electrons. The molecular formula is C11H15NO4. The largest absolute Gasteiger partial charge is 0.478 e. The van der Waals surface area contributed by atoms with Crippen LogP contribution >= 0.6 is 0 Å². The second-order valence-corrected chi connectivity index (χ2v) is 3.47. The molecule has 0 aliphatic rings. The van der Waals surface area contributed by atoms with Crippen LogP contribution in [0.1, 0.15) is 47.1 Å². The Morgan fingerprint density at radius 1 is 1.44 bits per heavy atom. The molecule has 0 fully saturated rings. The molecule has 1 aromatic heterocycles. The molecule has 1 amide bonds. The van der Waals surface area contributed by atoms with Gasteiger partial charge < -0.3 is 14.8 Å². The molecule has 0 atom stereocenters. The lowest BCUT2D eigenvalue weighted by molar-refractivity contribution is 0.0696. The molecule has 2 N–H and O–H groups in total. The summed E-state index contributed by atoms with van der Waals surface area (Å²) in [6.07, 6.45) is 4.11. The molecule has 5 heteroatoms. The van der Waals surface area contributed by atoms with Crippen LogP contribution in [0.5, 0.6) is 0 Å². The summed E-state index contributed by atoms with van der Waals surface area (Å²) in [7, 11) is 0. The standard InChI is InChI=1S/C11H15NO4/c1-2-3-4-5-12-10(13)9-6-8(7-16-9)11(14)15/h6-7H,2-5H2,1H3,(H,12,13)(H,14,15). The summed E-state index contributed by atoms with van der Waals surface area (Å²) in [5, 5.41) is 11.3. The zero-order valence-corrected chi connectivity index (χ0v) is 9.16. The molecule has 1 aromatic rings. The number of carbonyl (C=O) groups excluding carboxylic acids is 1. The van der Waals surface area contributed by atoms with Crippen molar-refractivity contribution in [3.05, 3.63) is 23.7 Å². The first-order chi connectivity index (χ1) is 7.65. The number of aromatic carboxylic acids is 1. The Morgan fingerprint density at radius 2 is 2.19 bits per heavy atom. The van der Waals surface area contributed by atoms with Crippen molar-refractivity contribution in [3.63, 3.8) is 0 Å². The van der Waals surface area contributed by atoms with Gasteiger partial charge >= 0.3 is 5.97 Å². The lowest BCUT2D eigenvalue weighted by Crippen LogP contribution is -2.23. The first-order valence-electron chi connectivity index (χ1n) is 5.25. The van der Waals surface area contributed by atoms with E-state index in [1.165, 1.54) is 6.07 Å². The Bertz CT molecular complexity index is 370. The van der Waals surface area contributed by atoms with Crippen molar-refractivity contribution in [1.29, 1.82) is 0 Å². The predicted octanol–water partition coefficient (Wildman–Crippen LogP) is 1.90. The highest BCUT2D eigenvalue weighted by Gasteiger charge is 2.13. The molecule has 0 spiro atoms. The summed E-state index contributed by atoms with van der Waals surface area (Å²) in [5.41, 5.74) is -0.0151. The Morgan fingerprint density at radius 3 is 2.75 bits per heavy atom. The highest BCUT2D eigenvalue weighted by Crippen LogP contribution is 2.07. The third-order valence-electron chi connectivity index (χ3n) is 2.14. The number of amides is 1. The summed E-state index contributed by atoms with van der Waals surface area (Å²) in [4.78, 5) is 22.0. The van der Waals surface area contributed by atoms with Crippen molar-refractivity contribution in [3.8, 4) is 0 Å². The summed E-state index contributed by atoms with van der Waals surface area (Å²) >= 11 is 0. The number of carboxylic acids is 1. The SMILES string of the molecule is CCCCCNC(=O)c1cc(C(=O)O)co1. The van der Waals surface area contributed by atoms with Gasteiger partial charge in [-0.25, -0.2) is 4.79 Å². The van der Waals surface area contributed by atoms with E-state index in [9.17, 15) is 9.59 Å². The van der Waals surface area contributed by atoms with Gasteiger partial charge in [0.05, 0.1) is 5.56 Å². The maximum absolute atomic E-state index is 11.4. The normalized spacial score (nSPS) is 10.1. The average molecular weight is 225 g/mol. The van der Waals surface area contributed by atoms with Crippen LogP contribution in [0.25, 0.3) is 0 Å². The van der Waals surface area contributed by atoms with E-state index < -0.39 is 5.97 Å². The van der Waals surface area contributed by atoms with Crippen LogP contribution in [-0.4, -0.2) is 23.5 Å². The van der Waals surface area contributed by atoms with Gasteiger partial charge in [0.25, 0.3) is 5.91 Å². The molecule has 0 aromatic carbocycles. The minimum absolute atomic E-state index is 0.0151. The van der Waals surface area contributed by atoms with E-state index in [0.29, 0.717) is 6.54 Å². The highest BCUT2D eigenvalue weighted by atomic mass is 16.4. The number of nitrogens with one attached hydrogen (secondary N) is 1. The van der Waals surface area contributed by atoms with Crippen LogP contribution in [0.15, 0.2) is 16.7 Å². The monoisotopic (exact) mass is 225 g/mol. The molecule has 1 rings (SSSR count). The molecule has 1 heterocycles. The Kier molecular flexibility index (Phi) is 4.57. The van der Waals surface area contributed by atoms with E-state index >= 15 is 0 Å².